The Morgan fingerprint density at radius 3 is 2.51 bits per heavy atom. The first-order valence-electron chi connectivity index (χ1n) is 12.2. The molecule has 194 valence electrons. The number of aryl methyl sites for hydroxylation is 3. The van der Waals surface area contributed by atoms with Crippen LogP contribution in [0.15, 0.2) is 73.4 Å². The third kappa shape index (κ3) is 5.90. The van der Waals surface area contributed by atoms with Crippen molar-refractivity contribution in [2.24, 2.45) is 0 Å². The van der Waals surface area contributed by atoms with Crippen LogP contribution in [0.2, 0.25) is 0 Å². The molecule has 2 N–H and O–H groups in total. The van der Waals surface area contributed by atoms with E-state index in [4.69, 9.17) is 0 Å². The van der Waals surface area contributed by atoms with Gasteiger partial charge in [0.2, 0.25) is 0 Å². The molecule has 5 heterocycles. The zero-order valence-corrected chi connectivity index (χ0v) is 21.6. The van der Waals surface area contributed by atoms with Crippen LogP contribution in [0.5, 0.6) is 0 Å². The van der Waals surface area contributed by atoms with E-state index in [0.717, 1.165) is 22.4 Å². The number of hydrogen-bond donors (Lipinski definition) is 2. The second-order valence-electron chi connectivity index (χ2n) is 8.94. The van der Waals surface area contributed by atoms with Crippen molar-refractivity contribution in [3.8, 4) is 22.6 Å². The molecule has 39 heavy (non-hydrogen) atoms. The lowest BCUT2D eigenvalue weighted by Crippen LogP contribution is -2.24. The van der Waals surface area contributed by atoms with Gasteiger partial charge in [-0.25, -0.2) is 19.3 Å². The molecule has 9 nitrogen and oxygen atoms in total. The van der Waals surface area contributed by atoms with Gasteiger partial charge in [0.05, 0.1) is 23.8 Å². The van der Waals surface area contributed by atoms with E-state index in [0.29, 0.717) is 40.0 Å². The predicted octanol–water partition coefficient (Wildman–Crippen LogP) is 5.13. The first-order valence-corrected chi connectivity index (χ1v) is 12.2. The van der Waals surface area contributed by atoms with Crippen molar-refractivity contribution in [1.82, 2.24) is 35.2 Å². The van der Waals surface area contributed by atoms with Gasteiger partial charge in [-0.1, -0.05) is 6.07 Å². The van der Waals surface area contributed by atoms with Gasteiger partial charge in [0.1, 0.15) is 17.3 Å². The van der Waals surface area contributed by atoms with Gasteiger partial charge >= 0.3 is 0 Å². The summed E-state index contributed by atoms with van der Waals surface area (Å²) in [4.78, 5) is 39.0. The second-order valence-corrected chi connectivity index (χ2v) is 8.94. The molecule has 0 aliphatic heterocycles. The van der Waals surface area contributed by atoms with Gasteiger partial charge in [0, 0.05) is 47.7 Å². The maximum absolute atomic E-state index is 13.6. The first kappa shape index (κ1) is 25.5. The Labute approximate surface area is 224 Å². The van der Waals surface area contributed by atoms with Gasteiger partial charge in [-0.05, 0) is 68.3 Å². The minimum absolute atomic E-state index is 0.263. The van der Waals surface area contributed by atoms with Crippen molar-refractivity contribution < 1.29 is 9.18 Å². The number of hydrogen-bond acceptors (Lipinski definition) is 8. The fourth-order valence-electron chi connectivity index (χ4n) is 4.15. The highest BCUT2D eigenvalue weighted by Gasteiger charge is 2.16. The van der Waals surface area contributed by atoms with Crippen molar-refractivity contribution in [1.29, 1.82) is 0 Å². The van der Waals surface area contributed by atoms with Crippen molar-refractivity contribution in [2.75, 3.05) is 5.32 Å². The van der Waals surface area contributed by atoms with Gasteiger partial charge < -0.3 is 10.6 Å². The predicted molar refractivity (Wildman–Crippen MR) is 146 cm³/mol. The van der Waals surface area contributed by atoms with Crippen LogP contribution in [0.3, 0.4) is 0 Å². The number of anilines is 2. The second kappa shape index (κ2) is 11.1. The van der Waals surface area contributed by atoms with Crippen LogP contribution in [0, 0.1) is 26.6 Å². The summed E-state index contributed by atoms with van der Waals surface area (Å²) in [6, 6.07) is 12.3. The summed E-state index contributed by atoms with van der Waals surface area (Å²) in [5.41, 5.74) is 6.07. The molecule has 0 radical (unpaired) electrons. The minimum atomic E-state index is -0.418. The number of carbonyl (C=O) groups excluding carboxylic acids is 1. The zero-order chi connectivity index (χ0) is 27.4. The lowest BCUT2D eigenvalue weighted by atomic mass is 10.1. The molecule has 0 saturated heterocycles. The quantitative estimate of drug-likeness (QED) is 0.303. The average molecular weight is 521 g/mol. The van der Waals surface area contributed by atoms with Crippen LogP contribution in [-0.2, 0) is 6.54 Å². The van der Waals surface area contributed by atoms with E-state index in [1.54, 1.807) is 49.9 Å². The maximum Gasteiger partial charge on any atom is 0.270 e. The molecule has 1 amide bonds. The normalized spacial score (nSPS) is 10.8. The van der Waals surface area contributed by atoms with Crippen molar-refractivity contribution >= 4 is 17.4 Å². The zero-order valence-electron chi connectivity index (χ0n) is 21.6. The van der Waals surface area contributed by atoms with Gasteiger partial charge in [-0.2, -0.15) is 0 Å². The highest BCUT2D eigenvalue weighted by atomic mass is 19.1. The van der Waals surface area contributed by atoms with Crippen LogP contribution >= 0.6 is 0 Å². The first-order chi connectivity index (χ1) is 18.9. The molecule has 5 rings (SSSR count). The Morgan fingerprint density at radius 1 is 0.897 bits per heavy atom. The van der Waals surface area contributed by atoms with Crippen molar-refractivity contribution in [3.05, 3.63) is 107 Å². The number of amides is 1. The van der Waals surface area contributed by atoms with E-state index in [-0.39, 0.29) is 12.5 Å². The van der Waals surface area contributed by atoms with E-state index in [9.17, 15) is 9.18 Å². The summed E-state index contributed by atoms with van der Waals surface area (Å²) in [5, 5.41) is 6.09. The minimum Gasteiger partial charge on any atom is -0.347 e. The molecule has 0 spiro atoms. The molecule has 0 atom stereocenters. The highest BCUT2D eigenvalue weighted by molar-refractivity contribution is 5.93. The van der Waals surface area contributed by atoms with E-state index < -0.39 is 5.82 Å². The SMILES string of the molecule is Cc1cc(C(=O)NCc2ccc(-c3cc(F)cnc3C)nc2)nc(C)c1-c1nccc(Nc2cccnc2)n1. The van der Waals surface area contributed by atoms with Crippen molar-refractivity contribution in [2.45, 2.75) is 27.3 Å². The lowest BCUT2D eigenvalue weighted by molar-refractivity contribution is 0.0945. The number of aromatic nitrogens is 6. The molecule has 0 aliphatic carbocycles. The Balaban J connectivity index is 1.28. The van der Waals surface area contributed by atoms with Crippen LogP contribution in [0.1, 0.15) is 33.0 Å². The standard InChI is InChI=1S/C29H25FN8O/c1-17-11-25(29(39)35-14-20-6-7-24(34-13-20)23-12-21(30)15-33-18(23)2)36-19(3)27(17)28-32-10-8-26(38-28)37-22-5-4-9-31-16-22/h4-13,15-16H,14H2,1-3H3,(H,35,39)(H,32,37,38). The third-order valence-corrected chi connectivity index (χ3v) is 6.05. The summed E-state index contributed by atoms with van der Waals surface area (Å²) in [6.07, 6.45) is 7.91. The molecule has 0 aliphatic rings. The molecular weight excluding hydrogens is 495 g/mol. The van der Waals surface area contributed by atoms with Crippen molar-refractivity contribution in [3.63, 3.8) is 0 Å². The van der Waals surface area contributed by atoms with Crippen LogP contribution < -0.4 is 10.6 Å². The smallest absolute Gasteiger partial charge is 0.270 e. The number of carbonyl (C=O) groups is 1. The van der Waals surface area contributed by atoms with Gasteiger partial charge in [-0.3, -0.25) is 19.7 Å². The molecule has 0 unspecified atom stereocenters. The fraction of sp³-hybridized carbons (Fsp3) is 0.138. The maximum atomic E-state index is 13.6. The van der Waals surface area contributed by atoms with Crippen LogP contribution in [0.25, 0.3) is 22.6 Å². The molecule has 0 saturated carbocycles. The Hall–Kier alpha value is -5.12. The lowest BCUT2D eigenvalue weighted by Gasteiger charge is -2.12. The van der Waals surface area contributed by atoms with E-state index in [1.165, 1.54) is 12.3 Å². The van der Waals surface area contributed by atoms with Crippen LogP contribution in [0.4, 0.5) is 15.9 Å². The molecular formula is C29H25FN8O. The average Bonchev–Trinajstić information content (AvgIpc) is 2.94. The Bertz CT molecular complexity index is 1620. The number of nitrogens with one attached hydrogen (secondary N) is 2. The summed E-state index contributed by atoms with van der Waals surface area (Å²) in [5.74, 6) is 0.402. The number of nitrogens with zero attached hydrogens (tertiary/aromatic N) is 6. The molecule has 0 fully saturated rings. The van der Waals surface area contributed by atoms with Crippen LogP contribution in [-0.4, -0.2) is 35.8 Å². The topological polar surface area (TPSA) is 118 Å². The van der Waals surface area contributed by atoms with Gasteiger partial charge in [0.25, 0.3) is 5.91 Å². The largest absolute Gasteiger partial charge is 0.347 e. The Kier molecular flexibility index (Phi) is 7.26. The van der Waals surface area contributed by atoms with E-state index in [2.05, 4.69) is 40.5 Å². The molecule has 0 bridgehead atoms. The number of halogens is 1. The van der Waals surface area contributed by atoms with Gasteiger partial charge in [0.15, 0.2) is 5.82 Å². The van der Waals surface area contributed by atoms with Gasteiger partial charge in [-0.15, -0.1) is 0 Å². The summed E-state index contributed by atoms with van der Waals surface area (Å²) in [7, 11) is 0. The number of rotatable bonds is 7. The molecule has 5 aromatic heterocycles. The Morgan fingerprint density at radius 2 is 1.77 bits per heavy atom. The monoisotopic (exact) mass is 520 g/mol. The van der Waals surface area contributed by atoms with E-state index >= 15 is 0 Å². The molecule has 0 aromatic carbocycles. The third-order valence-electron chi connectivity index (χ3n) is 6.05. The summed E-state index contributed by atoms with van der Waals surface area (Å²) >= 11 is 0. The summed E-state index contributed by atoms with van der Waals surface area (Å²) < 4.78 is 13.6. The van der Waals surface area contributed by atoms with E-state index in [1.807, 2.05) is 32.0 Å². The summed E-state index contributed by atoms with van der Waals surface area (Å²) in [6.45, 7) is 5.79. The fourth-order valence-corrected chi connectivity index (χ4v) is 4.15. The molecule has 5 aromatic rings. The number of pyridine rings is 4. The highest BCUT2D eigenvalue weighted by Crippen LogP contribution is 2.25. The molecule has 10 heteroatoms.